The van der Waals surface area contributed by atoms with E-state index in [2.05, 4.69) is 500 Å². The predicted molar refractivity (Wildman–Crippen MR) is 597 cm³/mol. The van der Waals surface area contributed by atoms with E-state index >= 15 is 0 Å². The minimum atomic E-state index is -0.137. The number of thiophene rings is 2. The summed E-state index contributed by atoms with van der Waals surface area (Å²) in [6.07, 6.45) is 0. The molecule has 0 fully saturated rings. The standard InChI is InChI=1S/C69H54N2O.C63H42N2OS2/c1-42(2)43-28-32-53-56(36-43)57-40-59-54-35-31-48(70(44-18-9-7-10-19-44)46-29-33-51-49-22-13-15-25-60(49)68(3,4)62(51)37-46)39-66(54)72-65-27-17-24-55(67(59)65)58(57)41-64(53)71(45-20-11-8-12-21-45)47-30-34-52-50-23-14-16-26-61(50)69(5,6)63(52)38-47;1-38(2)39-24-28-45-52(32-39)53-36-55-46-29-25-42(64(40-14-5-3-6-15-40)43-26-30-49-47-18-9-11-22-59(47)67-61(49)34-43)33-58(46)66-57-21-13-20-51(63(55)57)54(53)37-56(45)65(41-16-7-4-8-17-41)44-27-31-50-48-19-10-12-23-60(48)68-62(50)35-44/h7-42H,1-6H3;3-38H,1-2H3. The van der Waals surface area contributed by atoms with Gasteiger partial charge in [-0.2, -0.15) is 0 Å². The van der Waals surface area contributed by atoms with Crippen molar-refractivity contribution in [3.05, 3.63) is 458 Å². The molecular formula is C132H96N4O2S2. The van der Waals surface area contributed by atoms with Crippen LogP contribution in [0.3, 0.4) is 0 Å². The molecule has 0 radical (unpaired) electrons. The number of anilines is 12. The lowest BCUT2D eigenvalue weighted by atomic mass is 9.82. The molecule has 0 saturated heterocycles. The lowest BCUT2D eigenvalue weighted by molar-refractivity contribution is 0.487. The van der Waals surface area contributed by atoms with Crippen LogP contribution in [-0.4, -0.2) is 0 Å². The molecule has 0 saturated carbocycles. The second-order valence-corrected chi connectivity index (χ2v) is 41.9. The first-order valence-electron chi connectivity index (χ1n) is 48.9. The van der Waals surface area contributed by atoms with Crippen LogP contribution in [0.4, 0.5) is 68.2 Å². The summed E-state index contributed by atoms with van der Waals surface area (Å²) in [5, 5.41) is 19.6. The van der Waals surface area contributed by atoms with E-state index in [-0.39, 0.29) is 10.8 Å². The minimum absolute atomic E-state index is 0.124. The number of hydrogen-bond donors (Lipinski definition) is 0. The number of para-hydroxylation sites is 4. The van der Waals surface area contributed by atoms with Gasteiger partial charge in [0.25, 0.3) is 0 Å². The summed E-state index contributed by atoms with van der Waals surface area (Å²) in [5.74, 6) is 4.16. The summed E-state index contributed by atoms with van der Waals surface area (Å²) in [6.45, 7) is 18.6. The molecule has 668 valence electrons. The highest BCUT2D eigenvalue weighted by Gasteiger charge is 2.39. The Morgan fingerprint density at radius 2 is 0.500 bits per heavy atom. The van der Waals surface area contributed by atoms with Gasteiger partial charge in [-0.05, 0) is 292 Å². The first-order chi connectivity index (χ1) is 68.6. The van der Waals surface area contributed by atoms with Gasteiger partial charge in [0.1, 0.15) is 23.0 Å². The van der Waals surface area contributed by atoms with Crippen molar-refractivity contribution >= 4 is 196 Å². The van der Waals surface area contributed by atoms with Crippen molar-refractivity contribution in [2.45, 2.75) is 78.1 Å². The van der Waals surface area contributed by atoms with Crippen molar-refractivity contribution in [1.82, 2.24) is 0 Å². The van der Waals surface area contributed by atoms with Crippen LogP contribution in [0.15, 0.2) is 425 Å². The smallest absolute Gasteiger partial charge is 0.137 e. The third-order valence-electron chi connectivity index (χ3n) is 30.3. The molecule has 4 aliphatic rings. The highest BCUT2D eigenvalue weighted by molar-refractivity contribution is 7.26. The molecular weight excluding hydrogens is 1740 g/mol. The Hall–Kier alpha value is -16.4. The molecule has 0 unspecified atom stereocenters. The third-order valence-corrected chi connectivity index (χ3v) is 32.6. The Morgan fingerprint density at radius 3 is 0.921 bits per heavy atom. The fraction of sp³-hybridized carbons (Fsp3) is 0.0909. The zero-order valence-electron chi connectivity index (χ0n) is 79.0. The maximum Gasteiger partial charge on any atom is 0.137 e. The molecule has 6 nitrogen and oxygen atoms in total. The van der Waals surface area contributed by atoms with Crippen molar-refractivity contribution in [1.29, 1.82) is 0 Å². The van der Waals surface area contributed by atoms with E-state index < -0.39 is 0 Å². The van der Waals surface area contributed by atoms with Crippen LogP contribution in [0.1, 0.15) is 101 Å². The summed E-state index contributed by atoms with van der Waals surface area (Å²) in [6, 6.07) is 157. The van der Waals surface area contributed by atoms with Crippen molar-refractivity contribution in [3.63, 3.8) is 0 Å². The highest BCUT2D eigenvalue weighted by atomic mass is 32.1. The summed E-state index contributed by atoms with van der Waals surface area (Å²) < 4.78 is 19.3. The number of nitrogens with zero attached hydrogens (tertiary/aromatic N) is 4. The van der Waals surface area contributed by atoms with E-state index in [0.717, 1.165) is 113 Å². The van der Waals surface area contributed by atoms with E-state index in [0.29, 0.717) is 11.8 Å². The molecule has 2 aromatic heterocycles. The summed E-state index contributed by atoms with van der Waals surface area (Å²) >= 11 is 3.71. The fourth-order valence-electron chi connectivity index (χ4n) is 23.4. The van der Waals surface area contributed by atoms with Crippen LogP contribution in [-0.2, 0) is 10.8 Å². The average molecular weight is 1830 g/mol. The van der Waals surface area contributed by atoms with Crippen molar-refractivity contribution in [2.75, 3.05) is 19.6 Å². The molecule has 28 rings (SSSR count). The van der Waals surface area contributed by atoms with E-state index in [4.69, 9.17) is 9.47 Å². The van der Waals surface area contributed by atoms with Crippen LogP contribution in [0.5, 0.6) is 23.0 Å². The van der Waals surface area contributed by atoms with E-state index in [1.807, 2.05) is 22.7 Å². The Balaban J connectivity index is 0.000000141. The Bertz CT molecular complexity index is 9300. The van der Waals surface area contributed by atoms with Crippen LogP contribution in [0.25, 0.3) is 149 Å². The quantitative estimate of drug-likeness (QED) is 0.101. The van der Waals surface area contributed by atoms with Crippen molar-refractivity contribution in [2.24, 2.45) is 0 Å². The fourth-order valence-corrected chi connectivity index (χ4v) is 25.7. The maximum atomic E-state index is 7.12. The van der Waals surface area contributed by atoms with Crippen molar-refractivity contribution < 1.29 is 9.47 Å². The number of ether oxygens (including phenoxy) is 2. The molecule has 0 atom stereocenters. The molecule has 140 heavy (non-hydrogen) atoms. The number of fused-ring (bicyclic) bond motifs is 24. The third kappa shape index (κ3) is 13.1. The van der Waals surface area contributed by atoms with Gasteiger partial charge in [-0.3, -0.25) is 0 Å². The topological polar surface area (TPSA) is 31.4 Å². The van der Waals surface area contributed by atoms with E-state index in [1.165, 1.54) is 161 Å². The van der Waals surface area contributed by atoms with E-state index in [9.17, 15) is 0 Å². The molecule has 22 aromatic carbocycles. The van der Waals surface area contributed by atoms with Gasteiger partial charge in [0.05, 0.1) is 11.4 Å². The number of hydrogen-bond acceptors (Lipinski definition) is 8. The molecule has 2 aliphatic carbocycles. The van der Waals surface area contributed by atoms with Gasteiger partial charge >= 0.3 is 0 Å². The second-order valence-electron chi connectivity index (χ2n) is 39.7. The second kappa shape index (κ2) is 32.1. The van der Waals surface area contributed by atoms with Gasteiger partial charge in [-0.15, -0.1) is 22.7 Å². The first-order valence-corrected chi connectivity index (χ1v) is 50.5. The molecule has 2 aliphatic heterocycles. The monoisotopic (exact) mass is 1830 g/mol. The highest BCUT2D eigenvalue weighted by Crippen LogP contribution is 2.60. The molecule has 0 N–H and O–H groups in total. The normalized spacial score (nSPS) is 13.2. The van der Waals surface area contributed by atoms with Gasteiger partial charge < -0.3 is 29.1 Å². The van der Waals surface area contributed by atoms with Crippen molar-refractivity contribution in [3.8, 4) is 67.5 Å². The van der Waals surface area contributed by atoms with Gasteiger partial charge in [-0.1, -0.05) is 298 Å². The lowest BCUT2D eigenvalue weighted by Gasteiger charge is -2.31. The van der Waals surface area contributed by atoms with Gasteiger partial charge in [-0.25, -0.2) is 0 Å². The van der Waals surface area contributed by atoms with Crippen LogP contribution < -0.4 is 29.1 Å². The van der Waals surface area contributed by atoms with Crippen LogP contribution in [0, 0.1) is 0 Å². The molecule has 8 heteroatoms. The molecule has 0 spiro atoms. The zero-order chi connectivity index (χ0) is 93.7. The van der Waals surface area contributed by atoms with Gasteiger partial charge in [0.2, 0.25) is 0 Å². The zero-order valence-corrected chi connectivity index (χ0v) is 80.6. The lowest BCUT2D eigenvalue weighted by Crippen LogP contribution is -2.16. The maximum absolute atomic E-state index is 7.12. The first kappa shape index (κ1) is 83.0. The largest absolute Gasteiger partial charge is 0.456 e. The molecule has 0 bridgehead atoms. The molecule has 4 heterocycles. The van der Waals surface area contributed by atoms with Crippen LogP contribution in [0.2, 0.25) is 0 Å². The average Bonchev–Trinajstić information content (AvgIpc) is 1.35. The minimum Gasteiger partial charge on any atom is -0.456 e. The number of benzene rings is 22. The van der Waals surface area contributed by atoms with Crippen LogP contribution >= 0.6 is 22.7 Å². The summed E-state index contributed by atoms with van der Waals surface area (Å²) in [7, 11) is 0. The Labute approximate surface area is 822 Å². The van der Waals surface area contributed by atoms with Gasteiger partial charge in [0, 0.05) is 153 Å². The Kier molecular flexibility index (Phi) is 19.1. The SMILES string of the molecule is CC(C)c1ccc2c(N(c3ccccc3)c3ccc4c(c3)C(C)(C)c3ccccc3-4)cc3c4cccc5c4c(cc3c2c1)-c1ccc(N(c2ccccc2)c2ccc3c(c2)C(C)(C)c2ccccc2-3)cc1O5.CC(C)c1ccc2c(N(c3ccccc3)c3ccc4c(c3)sc3ccccc34)cc3c4cccc5c4c(cc3c2c1)-c1ccc(N(c2ccccc2)c2ccc3c(c2)sc2ccccc23)cc1O5. The summed E-state index contributed by atoms with van der Waals surface area (Å²) in [5.41, 5.74) is 31.0. The Morgan fingerprint density at radius 1 is 0.193 bits per heavy atom. The van der Waals surface area contributed by atoms with E-state index in [1.54, 1.807) is 0 Å². The summed E-state index contributed by atoms with van der Waals surface area (Å²) in [4.78, 5) is 9.67. The number of rotatable bonds is 14. The molecule has 24 aromatic rings. The van der Waals surface area contributed by atoms with Gasteiger partial charge in [0.15, 0.2) is 0 Å². The predicted octanol–water partition coefficient (Wildman–Crippen LogP) is 39.3. The molecule has 0 amide bonds.